The Labute approximate surface area is 166 Å². The van der Waals surface area contributed by atoms with Crippen LogP contribution < -0.4 is 5.32 Å². The van der Waals surface area contributed by atoms with Crippen LogP contribution in [0.1, 0.15) is 17.1 Å². The minimum Gasteiger partial charge on any atom is -0.455 e. The molecule has 0 saturated carbocycles. The van der Waals surface area contributed by atoms with E-state index < -0.39 is 11.9 Å². The lowest BCUT2D eigenvalue weighted by molar-refractivity contribution is -0.144. The first-order valence-electron chi connectivity index (χ1n) is 8.57. The highest BCUT2D eigenvalue weighted by Crippen LogP contribution is 2.27. The third-order valence-electron chi connectivity index (χ3n) is 3.82. The summed E-state index contributed by atoms with van der Waals surface area (Å²) in [5.41, 5.74) is 2.73. The summed E-state index contributed by atoms with van der Waals surface area (Å²) in [5.74, 6) is -0.0185. The fraction of sp³-hybridized carbons (Fsp3) is 0.263. The highest BCUT2D eigenvalue weighted by Gasteiger charge is 2.16. The molecule has 8 nitrogen and oxygen atoms in total. The molecule has 28 heavy (non-hydrogen) atoms. The van der Waals surface area contributed by atoms with Gasteiger partial charge in [0.1, 0.15) is 5.76 Å². The van der Waals surface area contributed by atoms with Gasteiger partial charge in [-0.1, -0.05) is 23.4 Å². The Hall–Kier alpha value is -3.07. The lowest BCUT2D eigenvalue weighted by atomic mass is 10.3. The first-order chi connectivity index (χ1) is 13.4. The zero-order valence-electron chi connectivity index (χ0n) is 15.8. The number of para-hydroxylation sites is 1. The molecule has 0 unspecified atom stereocenters. The number of rotatable bonds is 7. The van der Waals surface area contributed by atoms with Crippen molar-refractivity contribution in [3.05, 3.63) is 53.5 Å². The molecule has 0 aliphatic rings. The Bertz CT molecular complexity index is 981. The van der Waals surface area contributed by atoms with E-state index in [0.29, 0.717) is 5.76 Å². The van der Waals surface area contributed by atoms with Crippen molar-refractivity contribution in [1.29, 1.82) is 0 Å². The molecule has 0 aliphatic carbocycles. The average Bonchev–Trinajstić information content (AvgIpc) is 3.21. The molecule has 1 N–H and O–H groups in total. The van der Waals surface area contributed by atoms with Crippen molar-refractivity contribution in [1.82, 2.24) is 14.9 Å². The van der Waals surface area contributed by atoms with E-state index in [0.717, 1.165) is 22.0 Å². The number of nitrogens with one attached hydrogen (secondary N) is 1. The number of amides is 1. The molecule has 2 heterocycles. The molecular formula is C19H20N4O4S. The number of esters is 1. The molecule has 1 aromatic carbocycles. The standard InChI is InChI=1S/C19H20N4O4S/c1-12-9-16(22-27-12)20-17(24)10-26-18(25)11-28-19-13(2)21-23(14(19)3)15-7-5-4-6-8-15/h4-9H,10-11H2,1-3H3,(H,20,22,24). The Kier molecular flexibility index (Phi) is 6.15. The summed E-state index contributed by atoms with van der Waals surface area (Å²) in [6.45, 7) is 5.18. The van der Waals surface area contributed by atoms with Crippen LogP contribution >= 0.6 is 11.8 Å². The van der Waals surface area contributed by atoms with E-state index in [1.54, 1.807) is 13.0 Å². The van der Waals surface area contributed by atoms with Crippen molar-refractivity contribution in [2.24, 2.45) is 0 Å². The van der Waals surface area contributed by atoms with Gasteiger partial charge in [0.15, 0.2) is 12.4 Å². The molecule has 0 radical (unpaired) electrons. The SMILES string of the molecule is Cc1cc(NC(=O)COC(=O)CSc2c(C)nn(-c3ccccc3)c2C)no1. The zero-order valence-corrected chi connectivity index (χ0v) is 16.6. The van der Waals surface area contributed by atoms with Gasteiger partial charge in [0.25, 0.3) is 5.91 Å². The van der Waals surface area contributed by atoms with Gasteiger partial charge < -0.3 is 14.6 Å². The summed E-state index contributed by atoms with van der Waals surface area (Å²) in [6, 6.07) is 11.4. The number of carbonyl (C=O) groups is 2. The first kappa shape index (κ1) is 19.7. The second-order valence-electron chi connectivity index (χ2n) is 6.07. The smallest absolute Gasteiger partial charge is 0.316 e. The van der Waals surface area contributed by atoms with Crippen molar-refractivity contribution in [3.63, 3.8) is 0 Å². The predicted molar refractivity (Wildman–Crippen MR) is 105 cm³/mol. The maximum atomic E-state index is 12.0. The number of aryl methyl sites for hydroxylation is 2. The summed E-state index contributed by atoms with van der Waals surface area (Å²) >= 11 is 1.34. The minimum absolute atomic E-state index is 0.0819. The molecule has 0 aliphatic heterocycles. The number of hydrogen-bond acceptors (Lipinski definition) is 7. The van der Waals surface area contributed by atoms with Gasteiger partial charge >= 0.3 is 5.97 Å². The van der Waals surface area contributed by atoms with Gasteiger partial charge in [-0.25, -0.2) is 4.68 Å². The molecule has 2 aromatic heterocycles. The molecule has 0 bridgehead atoms. The van der Waals surface area contributed by atoms with Crippen molar-refractivity contribution in [2.75, 3.05) is 17.7 Å². The minimum atomic E-state index is -0.484. The number of carbonyl (C=O) groups excluding carboxylic acids is 2. The number of ether oxygens (including phenoxy) is 1. The van der Waals surface area contributed by atoms with Gasteiger partial charge in [-0.05, 0) is 32.9 Å². The second-order valence-corrected chi connectivity index (χ2v) is 7.05. The second kappa shape index (κ2) is 8.75. The fourth-order valence-corrected chi connectivity index (χ4v) is 3.47. The molecule has 146 valence electrons. The number of thioether (sulfide) groups is 1. The third-order valence-corrected chi connectivity index (χ3v) is 5.08. The van der Waals surface area contributed by atoms with Crippen LogP contribution in [0.25, 0.3) is 5.69 Å². The van der Waals surface area contributed by atoms with E-state index in [1.165, 1.54) is 11.8 Å². The van der Waals surface area contributed by atoms with E-state index >= 15 is 0 Å². The Morgan fingerprint density at radius 1 is 1.21 bits per heavy atom. The van der Waals surface area contributed by atoms with Crippen LogP contribution in [0.15, 0.2) is 45.8 Å². The predicted octanol–water partition coefficient (Wildman–Crippen LogP) is 3.06. The zero-order chi connectivity index (χ0) is 20.1. The van der Waals surface area contributed by atoms with Gasteiger partial charge in [0.2, 0.25) is 0 Å². The highest BCUT2D eigenvalue weighted by molar-refractivity contribution is 8.00. The van der Waals surface area contributed by atoms with Crippen molar-refractivity contribution in [2.45, 2.75) is 25.7 Å². The van der Waals surface area contributed by atoms with E-state index in [4.69, 9.17) is 9.26 Å². The highest BCUT2D eigenvalue weighted by atomic mass is 32.2. The Balaban J connectivity index is 1.52. The van der Waals surface area contributed by atoms with Crippen molar-refractivity contribution < 1.29 is 18.8 Å². The Morgan fingerprint density at radius 3 is 2.64 bits per heavy atom. The third kappa shape index (κ3) is 4.80. The molecule has 1 amide bonds. The molecule has 0 fully saturated rings. The van der Waals surface area contributed by atoms with E-state index in [1.807, 2.05) is 48.9 Å². The van der Waals surface area contributed by atoms with Crippen LogP contribution in [0, 0.1) is 20.8 Å². The van der Waals surface area contributed by atoms with Gasteiger partial charge in [-0.2, -0.15) is 5.10 Å². The van der Waals surface area contributed by atoms with Crippen LogP contribution in [-0.2, 0) is 14.3 Å². The first-order valence-corrected chi connectivity index (χ1v) is 9.56. The lowest BCUT2D eigenvalue weighted by Crippen LogP contribution is -2.21. The number of nitrogens with zero attached hydrogens (tertiary/aromatic N) is 3. The molecule has 0 atom stereocenters. The van der Waals surface area contributed by atoms with Crippen molar-refractivity contribution in [3.8, 4) is 5.69 Å². The van der Waals surface area contributed by atoms with Gasteiger partial charge in [0, 0.05) is 6.07 Å². The topological polar surface area (TPSA) is 99.2 Å². The van der Waals surface area contributed by atoms with Gasteiger partial charge in [0.05, 0.1) is 27.7 Å². The fourth-order valence-electron chi connectivity index (χ4n) is 2.58. The molecule has 0 saturated heterocycles. The quantitative estimate of drug-likeness (QED) is 0.481. The number of aromatic nitrogens is 3. The maximum absolute atomic E-state index is 12.0. The van der Waals surface area contributed by atoms with Gasteiger partial charge in [-0.15, -0.1) is 11.8 Å². The summed E-state index contributed by atoms with van der Waals surface area (Å²) in [5, 5.41) is 10.7. The van der Waals surface area contributed by atoms with E-state index in [2.05, 4.69) is 15.6 Å². The van der Waals surface area contributed by atoms with Crippen LogP contribution in [0.3, 0.4) is 0 Å². The van der Waals surface area contributed by atoms with Crippen LogP contribution in [0.4, 0.5) is 5.82 Å². The summed E-state index contributed by atoms with van der Waals surface area (Å²) in [7, 11) is 0. The largest absolute Gasteiger partial charge is 0.455 e. The van der Waals surface area contributed by atoms with Crippen molar-refractivity contribution >= 4 is 29.5 Å². The molecule has 3 aromatic rings. The van der Waals surface area contributed by atoms with Gasteiger partial charge in [-0.3, -0.25) is 9.59 Å². The molecule has 3 rings (SSSR count). The summed E-state index contributed by atoms with van der Waals surface area (Å²) < 4.78 is 11.7. The monoisotopic (exact) mass is 400 g/mol. The molecular weight excluding hydrogens is 380 g/mol. The number of hydrogen-bond donors (Lipinski definition) is 1. The summed E-state index contributed by atoms with van der Waals surface area (Å²) in [6.07, 6.45) is 0. The number of anilines is 1. The molecule has 9 heteroatoms. The Morgan fingerprint density at radius 2 is 1.96 bits per heavy atom. The van der Waals surface area contributed by atoms with Crippen LogP contribution in [-0.4, -0.2) is 39.2 Å². The normalized spacial score (nSPS) is 10.7. The van der Waals surface area contributed by atoms with E-state index in [-0.39, 0.29) is 18.2 Å². The van der Waals surface area contributed by atoms with Crippen LogP contribution in [0.5, 0.6) is 0 Å². The lowest BCUT2D eigenvalue weighted by Gasteiger charge is -2.06. The summed E-state index contributed by atoms with van der Waals surface area (Å²) in [4.78, 5) is 24.7. The van der Waals surface area contributed by atoms with Crippen LogP contribution in [0.2, 0.25) is 0 Å². The molecule has 0 spiro atoms. The van der Waals surface area contributed by atoms with E-state index in [9.17, 15) is 9.59 Å². The maximum Gasteiger partial charge on any atom is 0.316 e. The number of benzene rings is 1. The average molecular weight is 400 g/mol.